The lowest BCUT2D eigenvalue weighted by molar-refractivity contribution is -0.115. The Morgan fingerprint density at radius 3 is 2.72 bits per heavy atom. The number of thioether (sulfide) groups is 1. The van der Waals surface area contributed by atoms with Gasteiger partial charge in [0.05, 0.1) is 5.25 Å². The first kappa shape index (κ1) is 17.8. The summed E-state index contributed by atoms with van der Waals surface area (Å²) < 4.78 is 1.78. The summed E-state index contributed by atoms with van der Waals surface area (Å²) >= 11 is 8.58. The van der Waals surface area contributed by atoms with Crippen LogP contribution in [0.25, 0.3) is 10.6 Å². The lowest BCUT2D eigenvalue weighted by Crippen LogP contribution is -2.24. The Kier molecular flexibility index (Phi) is 5.67. The van der Waals surface area contributed by atoms with E-state index in [-0.39, 0.29) is 11.2 Å². The van der Waals surface area contributed by atoms with E-state index in [9.17, 15) is 4.79 Å². The number of anilines is 1. The average Bonchev–Trinajstić information content (AvgIpc) is 3.22. The number of hydrogen-bond donors (Lipinski definition) is 1. The Balaban J connectivity index is 1.68. The first-order valence-electron chi connectivity index (χ1n) is 7.47. The number of hydrogen-bond acceptors (Lipinski definition) is 7. The number of nitrogens with one attached hydrogen (secondary N) is 1. The van der Waals surface area contributed by atoms with Gasteiger partial charge in [-0.3, -0.25) is 10.1 Å². The van der Waals surface area contributed by atoms with E-state index in [4.69, 9.17) is 11.6 Å². The maximum atomic E-state index is 12.5. The fraction of sp³-hybridized carbons (Fsp3) is 0.267. The molecule has 0 unspecified atom stereocenters. The Hall–Kier alpha value is -1.97. The summed E-state index contributed by atoms with van der Waals surface area (Å²) in [5, 5.41) is 21.1. The highest BCUT2D eigenvalue weighted by Crippen LogP contribution is 2.29. The highest BCUT2D eigenvalue weighted by atomic mass is 35.5. The molecule has 2 aromatic heterocycles. The zero-order chi connectivity index (χ0) is 17.8. The quantitative estimate of drug-likeness (QED) is 0.644. The van der Waals surface area contributed by atoms with Crippen molar-refractivity contribution in [1.82, 2.24) is 25.0 Å². The average molecular weight is 395 g/mol. The van der Waals surface area contributed by atoms with Crippen LogP contribution in [0.4, 0.5) is 5.13 Å². The van der Waals surface area contributed by atoms with Crippen molar-refractivity contribution in [3.63, 3.8) is 0 Å². The molecule has 0 radical (unpaired) electrons. The molecule has 0 fully saturated rings. The van der Waals surface area contributed by atoms with Crippen LogP contribution in [0.5, 0.6) is 0 Å². The standard InChI is InChI=1S/C15H15ClN6OS2/c1-3-11(24-15-21-17-8-22(15)2)12(23)18-14-20-19-13(25-14)9-4-6-10(16)7-5-9/h4-8,11H,3H2,1-2H3,(H,18,20,23)/t11-/m1/s1. The minimum absolute atomic E-state index is 0.130. The van der Waals surface area contributed by atoms with Crippen molar-refractivity contribution < 1.29 is 4.79 Å². The van der Waals surface area contributed by atoms with Gasteiger partial charge in [-0.2, -0.15) is 0 Å². The molecule has 7 nitrogen and oxygen atoms in total. The van der Waals surface area contributed by atoms with Crippen molar-refractivity contribution in [2.24, 2.45) is 7.05 Å². The molecule has 10 heteroatoms. The van der Waals surface area contributed by atoms with Crippen LogP contribution in [0, 0.1) is 0 Å². The lowest BCUT2D eigenvalue weighted by Gasteiger charge is -2.12. The first-order valence-corrected chi connectivity index (χ1v) is 9.55. The smallest absolute Gasteiger partial charge is 0.239 e. The van der Waals surface area contributed by atoms with Crippen LogP contribution in [-0.4, -0.2) is 36.1 Å². The van der Waals surface area contributed by atoms with E-state index >= 15 is 0 Å². The molecule has 0 spiro atoms. The monoisotopic (exact) mass is 394 g/mol. The van der Waals surface area contributed by atoms with Gasteiger partial charge in [0.1, 0.15) is 11.3 Å². The van der Waals surface area contributed by atoms with Crippen LogP contribution in [0.1, 0.15) is 13.3 Å². The van der Waals surface area contributed by atoms with Gasteiger partial charge in [-0.15, -0.1) is 20.4 Å². The number of halogens is 1. The summed E-state index contributed by atoms with van der Waals surface area (Å²) in [6, 6.07) is 7.32. The summed E-state index contributed by atoms with van der Waals surface area (Å²) in [5.41, 5.74) is 0.905. The van der Waals surface area contributed by atoms with Crippen molar-refractivity contribution >= 4 is 45.7 Å². The summed E-state index contributed by atoms with van der Waals surface area (Å²) in [6.07, 6.45) is 2.27. The second kappa shape index (κ2) is 7.94. The number of aryl methyl sites for hydroxylation is 1. The maximum absolute atomic E-state index is 12.5. The topological polar surface area (TPSA) is 85.6 Å². The molecule has 2 heterocycles. The highest BCUT2D eigenvalue weighted by molar-refractivity contribution is 8.00. The van der Waals surface area contributed by atoms with Crippen LogP contribution >= 0.6 is 34.7 Å². The van der Waals surface area contributed by atoms with E-state index in [2.05, 4.69) is 25.7 Å². The van der Waals surface area contributed by atoms with E-state index in [0.29, 0.717) is 21.7 Å². The molecule has 0 aliphatic rings. The number of amides is 1. The molecule has 1 N–H and O–H groups in total. The van der Waals surface area contributed by atoms with E-state index in [1.807, 2.05) is 26.1 Å². The highest BCUT2D eigenvalue weighted by Gasteiger charge is 2.21. The van der Waals surface area contributed by atoms with Crippen LogP contribution in [-0.2, 0) is 11.8 Å². The Morgan fingerprint density at radius 2 is 2.08 bits per heavy atom. The molecule has 0 bridgehead atoms. The molecular weight excluding hydrogens is 380 g/mol. The number of carbonyl (C=O) groups is 1. The van der Waals surface area contributed by atoms with Gasteiger partial charge in [0, 0.05) is 17.6 Å². The maximum Gasteiger partial charge on any atom is 0.239 e. The summed E-state index contributed by atoms with van der Waals surface area (Å²) in [4.78, 5) is 12.5. The minimum atomic E-state index is -0.286. The number of nitrogens with zero attached hydrogens (tertiary/aromatic N) is 5. The third-order valence-corrected chi connectivity index (χ3v) is 5.88. The zero-order valence-electron chi connectivity index (χ0n) is 13.5. The van der Waals surface area contributed by atoms with Crippen molar-refractivity contribution in [3.8, 4) is 10.6 Å². The van der Waals surface area contributed by atoms with E-state index in [1.54, 1.807) is 23.0 Å². The van der Waals surface area contributed by atoms with E-state index in [1.165, 1.54) is 23.1 Å². The second-order valence-corrected chi connectivity index (χ2v) is 7.73. The zero-order valence-corrected chi connectivity index (χ0v) is 15.9. The molecule has 1 aromatic carbocycles. The van der Waals surface area contributed by atoms with Crippen molar-refractivity contribution in [2.75, 3.05) is 5.32 Å². The van der Waals surface area contributed by atoms with Crippen LogP contribution in [0.2, 0.25) is 5.02 Å². The molecule has 1 amide bonds. The number of aromatic nitrogens is 5. The third kappa shape index (κ3) is 4.36. The molecule has 0 aliphatic heterocycles. The molecule has 3 aromatic rings. The number of rotatable bonds is 6. The molecule has 0 aliphatic carbocycles. The van der Waals surface area contributed by atoms with E-state index in [0.717, 1.165) is 10.6 Å². The van der Waals surface area contributed by atoms with Gasteiger partial charge >= 0.3 is 0 Å². The summed E-state index contributed by atoms with van der Waals surface area (Å²) in [5.74, 6) is -0.130. The first-order chi connectivity index (χ1) is 12.1. The van der Waals surface area contributed by atoms with Crippen LogP contribution < -0.4 is 5.32 Å². The number of carbonyl (C=O) groups excluding carboxylic acids is 1. The third-order valence-electron chi connectivity index (χ3n) is 3.33. The van der Waals surface area contributed by atoms with Crippen molar-refractivity contribution in [2.45, 2.75) is 23.8 Å². The molecule has 0 saturated carbocycles. The normalized spacial score (nSPS) is 12.1. The number of benzene rings is 1. The van der Waals surface area contributed by atoms with Gasteiger partial charge in [0.15, 0.2) is 5.16 Å². The van der Waals surface area contributed by atoms with E-state index < -0.39 is 0 Å². The molecule has 0 saturated heterocycles. The largest absolute Gasteiger partial charge is 0.312 e. The second-order valence-electron chi connectivity index (χ2n) is 5.15. The fourth-order valence-electron chi connectivity index (χ4n) is 2.00. The predicted octanol–water partition coefficient (Wildman–Crippen LogP) is 3.50. The van der Waals surface area contributed by atoms with Gasteiger partial charge < -0.3 is 4.57 Å². The van der Waals surface area contributed by atoms with Crippen molar-refractivity contribution in [3.05, 3.63) is 35.6 Å². The Labute approximate surface area is 157 Å². The van der Waals surface area contributed by atoms with Crippen LogP contribution in [0.15, 0.2) is 35.7 Å². The van der Waals surface area contributed by atoms with Crippen LogP contribution in [0.3, 0.4) is 0 Å². The SMILES string of the molecule is CC[C@@H](Sc1nncn1C)C(=O)Nc1nnc(-c2ccc(Cl)cc2)s1. The molecule has 1 atom stereocenters. The lowest BCUT2D eigenvalue weighted by atomic mass is 10.2. The van der Waals surface area contributed by atoms with Gasteiger partial charge in [-0.1, -0.05) is 53.8 Å². The molecule has 25 heavy (non-hydrogen) atoms. The Bertz CT molecular complexity index is 863. The Morgan fingerprint density at radius 1 is 1.32 bits per heavy atom. The van der Waals surface area contributed by atoms with Gasteiger partial charge in [0.25, 0.3) is 0 Å². The van der Waals surface area contributed by atoms with Crippen molar-refractivity contribution in [1.29, 1.82) is 0 Å². The van der Waals surface area contributed by atoms with Gasteiger partial charge in [-0.05, 0) is 18.6 Å². The molecule has 3 rings (SSSR count). The van der Waals surface area contributed by atoms with Gasteiger partial charge in [-0.25, -0.2) is 0 Å². The predicted molar refractivity (Wildman–Crippen MR) is 99.9 cm³/mol. The summed E-state index contributed by atoms with van der Waals surface area (Å²) in [7, 11) is 1.84. The fourth-order valence-corrected chi connectivity index (χ4v) is 3.77. The molecular formula is C15H15ClN6OS2. The minimum Gasteiger partial charge on any atom is -0.312 e. The van der Waals surface area contributed by atoms with Gasteiger partial charge in [0.2, 0.25) is 11.0 Å². The summed E-state index contributed by atoms with van der Waals surface area (Å²) in [6.45, 7) is 1.95. The molecule has 130 valence electrons.